The molecule has 1 aromatic rings. The summed E-state index contributed by atoms with van der Waals surface area (Å²) in [6.07, 6.45) is 8.18. The van der Waals surface area contributed by atoms with Gasteiger partial charge in [-0.25, -0.2) is 0 Å². The Labute approximate surface area is 91.5 Å². The fraction of sp³-hybridized carbons (Fsp3) is 0.571. The first-order chi connectivity index (χ1) is 7.41. The van der Waals surface area contributed by atoms with Gasteiger partial charge >= 0.3 is 0 Å². The summed E-state index contributed by atoms with van der Waals surface area (Å²) in [7, 11) is 0. The van der Waals surface area contributed by atoms with Crippen molar-refractivity contribution in [2.24, 2.45) is 0 Å². The Balaban J connectivity index is 2.04. The summed E-state index contributed by atoms with van der Waals surface area (Å²) in [5.74, 6) is 1.14. The molecule has 1 fully saturated rings. The number of para-hydroxylation sites is 1. The molecule has 0 radical (unpaired) electrons. The zero-order valence-corrected chi connectivity index (χ0v) is 9.17. The van der Waals surface area contributed by atoms with Crippen molar-refractivity contribution in [1.82, 2.24) is 0 Å². The lowest BCUT2D eigenvalue weighted by atomic mass is 9.66. The molecule has 0 N–H and O–H groups in total. The Kier molecular flexibility index (Phi) is 2.19. The molecule has 0 amide bonds. The first kappa shape index (κ1) is 9.26. The molecule has 3 rings (SSSR count). The maximum Gasteiger partial charge on any atom is 0.123 e. The second kappa shape index (κ2) is 3.55. The van der Waals surface area contributed by atoms with E-state index in [4.69, 9.17) is 4.74 Å². The maximum absolute atomic E-state index is 5.75. The molecule has 0 saturated heterocycles. The van der Waals surface area contributed by atoms with Gasteiger partial charge in [-0.2, -0.15) is 0 Å². The fourth-order valence-corrected chi connectivity index (χ4v) is 3.27. The van der Waals surface area contributed by atoms with E-state index in [1.807, 2.05) is 0 Å². The molecule has 1 heteroatoms. The molecule has 15 heavy (non-hydrogen) atoms. The lowest BCUT2D eigenvalue weighted by molar-refractivity contribution is 0.174. The smallest absolute Gasteiger partial charge is 0.123 e. The van der Waals surface area contributed by atoms with Crippen molar-refractivity contribution in [3.05, 3.63) is 29.8 Å². The minimum absolute atomic E-state index is 0.465. The second-order valence-corrected chi connectivity index (χ2v) is 4.94. The number of hydrogen-bond donors (Lipinski definition) is 0. The van der Waals surface area contributed by atoms with Crippen molar-refractivity contribution < 1.29 is 4.74 Å². The van der Waals surface area contributed by atoms with Gasteiger partial charge in [0.25, 0.3) is 0 Å². The molecular weight excluding hydrogens is 184 g/mol. The molecule has 0 aromatic heterocycles. The number of ether oxygens (including phenoxy) is 1. The van der Waals surface area contributed by atoms with Gasteiger partial charge < -0.3 is 4.74 Å². The van der Waals surface area contributed by atoms with Crippen LogP contribution in [0.25, 0.3) is 0 Å². The third kappa shape index (κ3) is 1.45. The van der Waals surface area contributed by atoms with E-state index in [1.165, 1.54) is 44.1 Å². The molecular formula is C14H18O. The monoisotopic (exact) mass is 202 g/mol. The quantitative estimate of drug-likeness (QED) is 0.623. The average molecular weight is 202 g/mol. The highest BCUT2D eigenvalue weighted by atomic mass is 16.5. The lowest BCUT2D eigenvalue weighted by Gasteiger charge is -2.41. The normalized spacial score (nSPS) is 23.2. The molecule has 1 aliphatic carbocycles. The molecule has 2 aliphatic rings. The number of benzene rings is 1. The van der Waals surface area contributed by atoms with E-state index in [9.17, 15) is 0 Å². The predicted molar refractivity (Wildman–Crippen MR) is 61.3 cm³/mol. The first-order valence-corrected chi connectivity index (χ1v) is 6.13. The highest BCUT2D eigenvalue weighted by Crippen LogP contribution is 2.47. The van der Waals surface area contributed by atoms with Gasteiger partial charge in [0.15, 0.2) is 0 Å². The maximum atomic E-state index is 5.75. The van der Waals surface area contributed by atoms with Crippen LogP contribution in [0, 0.1) is 0 Å². The van der Waals surface area contributed by atoms with Crippen molar-refractivity contribution in [1.29, 1.82) is 0 Å². The zero-order valence-electron chi connectivity index (χ0n) is 9.17. The van der Waals surface area contributed by atoms with Gasteiger partial charge in [0, 0.05) is 11.0 Å². The second-order valence-electron chi connectivity index (χ2n) is 4.94. The standard InChI is InChI=1S/C14H18O/c1-4-8-14(9-5-1)10-11-15-13-7-3-2-6-12(13)14/h2-3,6-7H,1,4-5,8-11H2. The van der Waals surface area contributed by atoms with Gasteiger partial charge in [-0.3, -0.25) is 0 Å². The Bertz CT molecular complexity index is 350. The summed E-state index contributed by atoms with van der Waals surface area (Å²) in [5.41, 5.74) is 1.95. The largest absolute Gasteiger partial charge is 0.493 e. The Morgan fingerprint density at radius 2 is 1.73 bits per heavy atom. The summed E-state index contributed by atoms with van der Waals surface area (Å²) in [4.78, 5) is 0. The SMILES string of the molecule is c1ccc2c(c1)OCCC21CCCCC1. The van der Waals surface area contributed by atoms with Crippen molar-refractivity contribution in [3.63, 3.8) is 0 Å². The van der Waals surface area contributed by atoms with E-state index in [-0.39, 0.29) is 0 Å². The van der Waals surface area contributed by atoms with Crippen LogP contribution in [0.1, 0.15) is 44.1 Å². The number of hydrogen-bond acceptors (Lipinski definition) is 1. The van der Waals surface area contributed by atoms with Crippen LogP contribution in [0.2, 0.25) is 0 Å². The van der Waals surface area contributed by atoms with Crippen molar-refractivity contribution in [3.8, 4) is 5.75 Å². The van der Waals surface area contributed by atoms with E-state index in [2.05, 4.69) is 24.3 Å². The summed E-state index contributed by atoms with van der Waals surface area (Å²) in [6, 6.07) is 8.65. The van der Waals surface area contributed by atoms with Gasteiger partial charge in [-0.1, -0.05) is 37.5 Å². The highest BCUT2D eigenvalue weighted by molar-refractivity contribution is 5.41. The van der Waals surface area contributed by atoms with Gasteiger partial charge in [-0.05, 0) is 25.3 Å². The molecule has 1 spiro atoms. The van der Waals surface area contributed by atoms with E-state index in [1.54, 1.807) is 0 Å². The summed E-state index contributed by atoms with van der Waals surface area (Å²) < 4.78 is 5.75. The molecule has 1 heterocycles. The van der Waals surface area contributed by atoms with Gasteiger partial charge in [0.1, 0.15) is 5.75 Å². The average Bonchev–Trinajstić information content (AvgIpc) is 2.31. The minimum atomic E-state index is 0.465. The number of rotatable bonds is 0. The van der Waals surface area contributed by atoms with E-state index in [0.717, 1.165) is 12.4 Å². The van der Waals surface area contributed by atoms with Crippen LogP contribution in [-0.2, 0) is 5.41 Å². The van der Waals surface area contributed by atoms with Crippen molar-refractivity contribution in [2.75, 3.05) is 6.61 Å². The Hall–Kier alpha value is -0.980. The van der Waals surface area contributed by atoms with Crippen LogP contribution in [0.15, 0.2) is 24.3 Å². The highest BCUT2D eigenvalue weighted by Gasteiger charge is 2.38. The van der Waals surface area contributed by atoms with E-state index < -0.39 is 0 Å². The molecule has 0 atom stereocenters. The summed E-state index contributed by atoms with van der Waals surface area (Å²) >= 11 is 0. The summed E-state index contributed by atoms with van der Waals surface area (Å²) in [6.45, 7) is 0.914. The van der Waals surface area contributed by atoms with Crippen LogP contribution >= 0.6 is 0 Å². The topological polar surface area (TPSA) is 9.23 Å². The lowest BCUT2D eigenvalue weighted by Crippen LogP contribution is -2.34. The van der Waals surface area contributed by atoms with Gasteiger partial charge in [0.05, 0.1) is 6.61 Å². The molecule has 1 saturated carbocycles. The van der Waals surface area contributed by atoms with E-state index in [0.29, 0.717) is 5.41 Å². The molecule has 1 aliphatic heterocycles. The van der Waals surface area contributed by atoms with Gasteiger partial charge in [-0.15, -0.1) is 0 Å². The van der Waals surface area contributed by atoms with Crippen LogP contribution in [-0.4, -0.2) is 6.61 Å². The van der Waals surface area contributed by atoms with Crippen LogP contribution < -0.4 is 4.74 Å². The Morgan fingerprint density at radius 1 is 0.933 bits per heavy atom. The van der Waals surface area contributed by atoms with Gasteiger partial charge in [0.2, 0.25) is 0 Å². The van der Waals surface area contributed by atoms with Crippen molar-refractivity contribution >= 4 is 0 Å². The Morgan fingerprint density at radius 3 is 2.60 bits per heavy atom. The predicted octanol–water partition coefficient (Wildman–Crippen LogP) is 3.67. The van der Waals surface area contributed by atoms with Crippen LogP contribution in [0.4, 0.5) is 0 Å². The molecule has 0 unspecified atom stereocenters. The third-order valence-corrected chi connectivity index (χ3v) is 4.11. The van der Waals surface area contributed by atoms with Crippen LogP contribution in [0.5, 0.6) is 5.75 Å². The minimum Gasteiger partial charge on any atom is -0.493 e. The fourth-order valence-electron chi connectivity index (χ4n) is 3.27. The first-order valence-electron chi connectivity index (χ1n) is 6.13. The van der Waals surface area contributed by atoms with Crippen LogP contribution in [0.3, 0.4) is 0 Å². The molecule has 1 nitrogen and oxygen atoms in total. The summed E-state index contributed by atoms with van der Waals surface area (Å²) in [5, 5.41) is 0. The number of fused-ring (bicyclic) bond motifs is 2. The molecule has 0 bridgehead atoms. The third-order valence-electron chi connectivity index (χ3n) is 4.11. The molecule has 80 valence electrons. The van der Waals surface area contributed by atoms with Crippen molar-refractivity contribution in [2.45, 2.75) is 43.9 Å². The zero-order chi connectivity index (χ0) is 10.1. The van der Waals surface area contributed by atoms with E-state index >= 15 is 0 Å². The molecule has 1 aromatic carbocycles.